The highest BCUT2D eigenvalue weighted by atomic mass is 79.9. The number of hydrogen-bond acceptors (Lipinski definition) is 4. The Morgan fingerprint density at radius 1 is 1.45 bits per heavy atom. The minimum absolute atomic E-state index is 0.166. The molecule has 3 nitrogen and oxygen atoms in total. The Morgan fingerprint density at radius 2 is 2.10 bits per heavy atom. The first-order valence-corrected chi connectivity index (χ1v) is 9.02. The highest BCUT2D eigenvalue weighted by Crippen LogP contribution is 2.30. The maximum absolute atomic E-state index is 6.15. The number of likely N-dealkylation sites (tertiary alicyclic amines) is 1. The quantitative estimate of drug-likeness (QED) is 0.876. The van der Waals surface area contributed by atoms with Crippen LogP contribution in [0.1, 0.15) is 32.3 Å². The number of nitrogens with two attached hydrogens (primary N) is 1. The normalized spacial score (nSPS) is 19.9. The molecule has 1 saturated heterocycles. The summed E-state index contributed by atoms with van der Waals surface area (Å²) >= 11 is 5.30. The van der Waals surface area contributed by atoms with Crippen LogP contribution < -0.4 is 5.73 Å². The van der Waals surface area contributed by atoms with Crippen molar-refractivity contribution in [2.24, 2.45) is 5.73 Å². The molecule has 1 aromatic rings. The molecule has 0 bridgehead atoms. The lowest BCUT2D eigenvalue weighted by atomic mass is 9.85. The average Bonchev–Trinajstić information content (AvgIpc) is 2.84. The lowest BCUT2D eigenvalue weighted by molar-refractivity contribution is 0.0298. The third kappa shape index (κ3) is 3.63. The molecule has 20 heavy (non-hydrogen) atoms. The second-order valence-electron chi connectivity index (χ2n) is 6.17. The molecule has 0 spiro atoms. The minimum atomic E-state index is 0.166. The van der Waals surface area contributed by atoms with E-state index >= 15 is 0 Å². The van der Waals surface area contributed by atoms with Gasteiger partial charge in [-0.25, -0.2) is 0 Å². The average molecular weight is 360 g/mol. The van der Waals surface area contributed by atoms with Gasteiger partial charge >= 0.3 is 0 Å². The van der Waals surface area contributed by atoms with E-state index in [0.29, 0.717) is 6.04 Å². The van der Waals surface area contributed by atoms with Gasteiger partial charge in [-0.15, -0.1) is 11.3 Å². The highest BCUT2D eigenvalue weighted by molar-refractivity contribution is 9.11. The number of rotatable bonds is 5. The summed E-state index contributed by atoms with van der Waals surface area (Å²) in [4.78, 5) is 5.03. The van der Waals surface area contributed by atoms with Crippen LogP contribution in [0.15, 0.2) is 15.2 Å². The Kier molecular flexibility index (Phi) is 5.65. The van der Waals surface area contributed by atoms with E-state index < -0.39 is 0 Å². The Balaban J connectivity index is 2.00. The highest BCUT2D eigenvalue weighted by Gasteiger charge is 2.37. The Morgan fingerprint density at radius 3 is 2.55 bits per heavy atom. The van der Waals surface area contributed by atoms with Gasteiger partial charge in [0.1, 0.15) is 0 Å². The fraction of sp³-hybridized carbons (Fsp3) is 0.733. The molecule has 0 radical (unpaired) electrons. The SMILES string of the molecule is CC(C)N1CCC(CN)(N(C)Cc2csc(Br)c2)CC1. The molecule has 2 N–H and O–H groups in total. The molecule has 0 aromatic carbocycles. The number of nitrogens with zero attached hydrogens (tertiary/aromatic N) is 2. The molecular weight excluding hydrogens is 334 g/mol. The molecule has 1 fully saturated rings. The summed E-state index contributed by atoms with van der Waals surface area (Å²) in [7, 11) is 2.23. The van der Waals surface area contributed by atoms with Crippen LogP contribution in [-0.2, 0) is 6.54 Å². The largest absolute Gasteiger partial charge is 0.329 e. The topological polar surface area (TPSA) is 32.5 Å². The van der Waals surface area contributed by atoms with Crippen molar-refractivity contribution in [1.82, 2.24) is 9.80 Å². The van der Waals surface area contributed by atoms with Gasteiger partial charge in [0, 0.05) is 37.8 Å². The van der Waals surface area contributed by atoms with Gasteiger partial charge in [0.05, 0.1) is 3.79 Å². The molecule has 2 heterocycles. The van der Waals surface area contributed by atoms with Crippen molar-refractivity contribution in [3.63, 3.8) is 0 Å². The minimum Gasteiger partial charge on any atom is -0.329 e. The monoisotopic (exact) mass is 359 g/mol. The molecule has 5 heteroatoms. The third-order valence-corrected chi connectivity index (χ3v) is 6.24. The summed E-state index contributed by atoms with van der Waals surface area (Å²) in [6.45, 7) is 8.62. The molecule has 1 aliphatic rings. The zero-order chi connectivity index (χ0) is 14.8. The fourth-order valence-electron chi connectivity index (χ4n) is 3.07. The van der Waals surface area contributed by atoms with E-state index in [9.17, 15) is 0 Å². The predicted octanol–water partition coefficient (Wildman–Crippen LogP) is 3.14. The van der Waals surface area contributed by atoms with Crippen LogP contribution in [-0.4, -0.2) is 48.1 Å². The Hall–Kier alpha value is 0.0600. The van der Waals surface area contributed by atoms with Crippen molar-refractivity contribution >= 4 is 27.3 Å². The molecule has 0 atom stereocenters. The summed E-state index contributed by atoms with van der Waals surface area (Å²) in [5.74, 6) is 0. The second-order valence-corrected chi connectivity index (χ2v) is 8.46. The van der Waals surface area contributed by atoms with Crippen LogP contribution in [0.25, 0.3) is 0 Å². The maximum Gasteiger partial charge on any atom is 0.0701 e. The third-order valence-electron chi connectivity index (χ3n) is 4.69. The number of hydrogen-bond donors (Lipinski definition) is 1. The van der Waals surface area contributed by atoms with Gasteiger partial charge in [-0.3, -0.25) is 4.90 Å². The Labute approximate surface area is 135 Å². The number of likely N-dealkylation sites (N-methyl/N-ethyl adjacent to an activating group) is 1. The number of halogens is 1. The van der Waals surface area contributed by atoms with Crippen molar-refractivity contribution in [1.29, 1.82) is 0 Å². The summed E-state index contributed by atoms with van der Waals surface area (Å²) in [6.07, 6.45) is 2.34. The maximum atomic E-state index is 6.15. The van der Waals surface area contributed by atoms with Gasteiger partial charge in [0.25, 0.3) is 0 Å². The fourth-order valence-corrected chi connectivity index (χ4v) is 4.27. The summed E-state index contributed by atoms with van der Waals surface area (Å²) in [5, 5.41) is 2.23. The lowest BCUT2D eigenvalue weighted by Gasteiger charge is -2.48. The zero-order valence-corrected chi connectivity index (χ0v) is 15.1. The van der Waals surface area contributed by atoms with Crippen LogP contribution in [0.5, 0.6) is 0 Å². The van der Waals surface area contributed by atoms with Gasteiger partial charge < -0.3 is 10.6 Å². The van der Waals surface area contributed by atoms with Crippen molar-refractivity contribution in [3.05, 3.63) is 20.8 Å². The van der Waals surface area contributed by atoms with Gasteiger partial charge in [0.2, 0.25) is 0 Å². The molecule has 0 saturated carbocycles. The van der Waals surface area contributed by atoms with Crippen molar-refractivity contribution in [2.45, 2.75) is 44.8 Å². The van der Waals surface area contributed by atoms with Gasteiger partial charge in [-0.2, -0.15) is 0 Å². The summed E-state index contributed by atoms with van der Waals surface area (Å²) in [5.41, 5.74) is 7.70. The second kappa shape index (κ2) is 6.88. The molecule has 114 valence electrons. The van der Waals surface area contributed by atoms with E-state index in [1.165, 1.54) is 22.2 Å². The number of thiophene rings is 1. The van der Waals surface area contributed by atoms with E-state index in [4.69, 9.17) is 5.73 Å². The molecule has 1 aromatic heterocycles. The number of piperidine rings is 1. The van der Waals surface area contributed by atoms with Crippen molar-refractivity contribution in [2.75, 3.05) is 26.7 Å². The van der Waals surface area contributed by atoms with Crippen molar-refractivity contribution in [3.8, 4) is 0 Å². The predicted molar refractivity (Wildman–Crippen MR) is 91.2 cm³/mol. The first-order valence-electron chi connectivity index (χ1n) is 7.35. The van der Waals surface area contributed by atoms with Gasteiger partial charge in [-0.05, 0) is 66.7 Å². The molecule has 0 amide bonds. The van der Waals surface area contributed by atoms with Crippen LogP contribution in [0.2, 0.25) is 0 Å². The molecule has 1 aliphatic heterocycles. The van der Waals surface area contributed by atoms with E-state index in [1.807, 2.05) is 0 Å². The first kappa shape index (κ1) is 16.4. The van der Waals surface area contributed by atoms with Crippen LogP contribution >= 0.6 is 27.3 Å². The van der Waals surface area contributed by atoms with Gasteiger partial charge in [-0.1, -0.05) is 0 Å². The molecular formula is C15H26BrN3S. The van der Waals surface area contributed by atoms with Crippen LogP contribution in [0.4, 0.5) is 0 Å². The zero-order valence-electron chi connectivity index (χ0n) is 12.7. The first-order chi connectivity index (χ1) is 9.47. The lowest BCUT2D eigenvalue weighted by Crippen LogP contribution is -2.58. The van der Waals surface area contributed by atoms with Gasteiger partial charge in [0.15, 0.2) is 0 Å². The smallest absolute Gasteiger partial charge is 0.0701 e. The van der Waals surface area contributed by atoms with Crippen molar-refractivity contribution < 1.29 is 0 Å². The summed E-state index contributed by atoms with van der Waals surface area (Å²) in [6, 6.07) is 2.86. The Bertz CT molecular complexity index is 425. The molecule has 0 unspecified atom stereocenters. The molecule has 2 rings (SSSR count). The molecule has 0 aliphatic carbocycles. The standard InChI is InChI=1S/C15H26BrN3S/c1-12(2)19-6-4-15(11-17,5-7-19)18(3)9-13-8-14(16)20-10-13/h8,10,12H,4-7,9,11,17H2,1-3H3. The summed E-state index contributed by atoms with van der Waals surface area (Å²) < 4.78 is 1.21. The van der Waals surface area contributed by atoms with E-state index in [-0.39, 0.29) is 5.54 Å². The van der Waals surface area contributed by atoms with E-state index in [2.05, 4.69) is 58.1 Å². The van der Waals surface area contributed by atoms with E-state index in [0.717, 1.165) is 26.2 Å². The van der Waals surface area contributed by atoms with E-state index in [1.54, 1.807) is 11.3 Å². The van der Waals surface area contributed by atoms with Crippen LogP contribution in [0.3, 0.4) is 0 Å². The van der Waals surface area contributed by atoms with Crippen LogP contribution in [0, 0.1) is 0 Å².